The Morgan fingerprint density at radius 2 is 1.86 bits per heavy atom. The van der Waals surface area contributed by atoms with Gasteiger partial charge in [-0.15, -0.1) is 11.3 Å². The number of amides is 1. The molecule has 0 bridgehead atoms. The van der Waals surface area contributed by atoms with E-state index in [1.54, 1.807) is 13.8 Å². The summed E-state index contributed by atoms with van der Waals surface area (Å²) in [6.07, 6.45) is -4.42. The topological polar surface area (TPSA) is 68.7 Å². The zero-order valence-corrected chi connectivity index (χ0v) is 17.0. The molecule has 0 atom stereocenters. The van der Waals surface area contributed by atoms with Gasteiger partial charge in [-0.2, -0.15) is 13.2 Å². The summed E-state index contributed by atoms with van der Waals surface area (Å²) in [5, 5.41) is 0.419. The van der Waals surface area contributed by atoms with E-state index in [2.05, 4.69) is 4.98 Å². The molecule has 1 aromatic heterocycles. The fraction of sp³-hybridized carbons (Fsp3) is 0.421. The van der Waals surface area contributed by atoms with Gasteiger partial charge in [0.1, 0.15) is 16.4 Å². The van der Waals surface area contributed by atoms with Crippen LogP contribution in [0, 0.1) is 6.92 Å². The van der Waals surface area contributed by atoms with Gasteiger partial charge >= 0.3 is 12.1 Å². The van der Waals surface area contributed by atoms with Crippen LogP contribution >= 0.6 is 11.3 Å². The van der Waals surface area contributed by atoms with Crippen molar-refractivity contribution in [3.63, 3.8) is 0 Å². The van der Waals surface area contributed by atoms with E-state index in [0.717, 1.165) is 23.5 Å². The van der Waals surface area contributed by atoms with Gasteiger partial charge in [0.05, 0.1) is 24.5 Å². The van der Waals surface area contributed by atoms with Gasteiger partial charge in [-0.25, -0.2) is 4.98 Å². The maximum Gasteiger partial charge on any atom is 0.416 e. The van der Waals surface area contributed by atoms with Crippen LogP contribution in [0.5, 0.6) is 0 Å². The molecule has 6 nitrogen and oxygen atoms in total. The van der Waals surface area contributed by atoms with Crippen LogP contribution in [-0.2, 0) is 20.4 Å². The number of aryl methyl sites for hydroxylation is 1. The molecular formula is C19H21F3N2O4S. The standard InChI is InChI=1S/C19H21F3N2O4S/c1-4-28-15(25)11-24(9-10-27-3)18(26)16-12(2)23-17(29-16)13-5-7-14(8-6-13)19(20,21)22/h5-8H,4,9-11H2,1-3H3. The Bertz CT molecular complexity index is 850. The van der Waals surface area contributed by atoms with E-state index in [1.165, 1.54) is 24.1 Å². The molecule has 2 aromatic rings. The monoisotopic (exact) mass is 430 g/mol. The summed E-state index contributed by atoms with van der Waals surface area (Å²) in [6.45, 7) is 3.68. The molecule has 0 aliphatic carbocycles. The van der Waals surface area contributed by atoms with Gasteiger partial charge in [0.2, 0.25) is 0 Å². The van der Waals surface area contributed by atoms with Crippen molar-refractivity contribution in [2.24, 2.45) is 0 Å². The fourth-order valence-electron chi connectivity index (χ4n) is 2.48. The molecule has 10 heteroatoms. The van der Waals surface area contributed by atoms with Gasteiger partial charge in [-0.05, 0) is 26.0 Å². The summed E-state index contributed by atoms with van der Waals surface area (Å²) in [6, 6.07) is 4.58. The van der Waals surface area contributed by atoms with Crippen LogP contribution < -0.4 is 0 Å². The Kier molecular flexibility index (Phi) is 7.74. The number of nitrogens with zero attached hydrogens (tertiary/aromatic N) is 2. The number of aromatic nitrogens is 1. The molecule has 0 unspecified atom stereocenters. The molecule has 29 heavy (non-hydrogen) atoms. The molecule has 158 valence electrons. The normalized spacial score (nSPS) is 11.4. The summed E-state index contributed by atoms with van der Waals surface area (Å²) in [4.78, 5) is 30.7. The lowest BCUT2D eigenvalue weighted by Crippen LogP contribution is -2.38. The second-order valence-corrected chi connectivity index (χ2v) is 7.03. The Morgan fingerprint density at radius 3 is 2.41 bits per heavy atom. The first-order valence-corrected chi connectivity index (χ1v) is 9.57. The maximum absolute atomic E-state index is 12.9. The third kappa shape index (κ3) is 6.01. The minimum Gasteiger partial charge on any atom is -0.465 e. The van der Waals surface area contributed by atoms with Crippen molar-refractivity contribution in [2.75, 3.05) is 33.4 Å². The number of halogens is 3. The molecule has 2 rings (SSSR count). The van der Waals surface area contributed by atoms with Crippen molar-refractivity contribution in [3.05, 3.63) is 40.4 Å². The summed E-state index contributed by atoms with van der Waals surface area (Å²) >= 11 is 1.06. The van der Waals surface area contributed by atoms with Crippen LogP contribution in [0.4, 0.5) is 13.2 Å². The van der Waals surface area contributed by atoms with Gasteiger partial charge in [-0.1, -0.05) is 12.1 Å². The lowest BCUT2D eigenvalue weighted by molar-refractivity contribution is -0.144. The van der Waals surface area contributed by atoms with Gasteiger partial charge < -0.3 is 14.4 Å². The van der Waals surface area contributed by atoms with Crippen molar-refractivity contribution < 1.29 is 32.2 Å². The SMILES string of the molecule is CCOC(=O)CN(CCOC)C(=O)c1sc(-c2ccc(C(F)(F)F)cc2)nc1C. The number of alkyl halides is 3. The minimum absolute atomic E-state index is 0.182. The van der Waals surface area contributed by atoms with Crippen LogP contribution in [0.3, 0.4) is 0 Å². The molecule has 0 spiro atoms. The van der Waals surface area contributed by atoms with Gasteiger partial charge in [0.15, 0.2) is 0 Å². The first kappa shape index (κ1) is 22.8. The first-order valence-electron chi connectivity index (χ1n) is 8.76. The number of hydrogen-bond acceptors (Lipinski definition) is 6. The highest BCUT2D eigenvalue weighted by molar-refractivity contribution is 7.17. The third-order valence-electron chi connectivity index (χ3n) is 3.93. The molecule has 0 aliphatic rings. The number of benzene rings is 1. The second-order valence-electron chi connectivity index (χ2n) is 6.03. The van der Waals surface area contributed by atoms with Gasteiger partial charge in [-0.3, -0.25) is 9.59 Å². The molecule has 0 N–H and O–H groups in total. The predicted molar refractivity (Wildman–Crippen MR) is 102 cm³/mol. The molecule has 1 amide bonds. The van der Waals surface area contributed by atoms with Crippen molar-refractivity contribution in [1.82, 2.24) is 9.88 Å². The Balaban J connectivity index is 2.26. The molecule has 0 fully saturated rings. The second kappa shape index (κ2) is 9.84. The number of rotatable bonds is 8. The van der Waals surface area contributed by atoms with Crippen LogP contribution in [0.1, 0.15) is 27.9 Å². The lowest BCUT2D eigenvalue weighted by Gasteiger charge is -2.20. The van der Waals surface area contributed by atoms with E-state index in [9.17, 15) is 22.8 Å². The molecule has 1 heterocycles. The van der Waals surface area contributed by atoms with Crippen molar-refractivity contribution in [3.8, 4) is 10.6 Å². The zero-order chi connectivity index (χ0) is 21.6. The van der Waals surface area contributed by atoms with E-state index in [-0.39, 0.29) is 26.3 Å². The smallest absolute Gasteiger partial charge is 0.416 e. The fourth-order valence-corrected chi connectivity index (χ4v) is 3.52. The third-order valence-corrected chi connectivity index (χ3v) is 5.12. The maximum atomic E-state index is 12.9. The average molecular weight is 430 g/mol. The summed E-state index contributed by atoms with van der Waals surface area (Å²) in [7, 11) is 1.48. The largest absolute Gasteiger partial charge is 0.465 e. The number of methoxy groups -OCH3 is 1. The van der Waals surface area contributed by atoms with Crippen molar-refractivity contribution >= 4 is 23.2 Å². The van der Waals surface area contributed by atoms with Crippen LogP contribution in [0.15, 0.2) is 24.3 Å². The van der Waals surface area contributed by atoms with Crippen molar-refractivity contribution in [2.45, 2.75) is 20.0 Å². The van der Waals surface area contributed by atoms with Crippen LogP contribution in [0.25, 0.3) is 10.6 Å². The number of thiazole rings is 1. The Labute approximate surface area is 170 Å². The minimum atomic E-state index is -4.42. The summed E-state index contributed by atoms with van der Waals surface area (Å²) in [5.41, 5.74) is 0.145. The molecule has 0 saturated heterocycles. The van der Waals surface area contributed by atoms with Gasteiger partial charge in [0.25, 0.3) is 5.91 Å². The molecule has 0 saturated carbocycles. The highest BCUT2D eigenvalue weighted by Gasteiger charge is 2.30. The quantitative estimate of drug-likeness (QED) is 0.596. The predicted octanol–water partition coefficient (Wildman–Crippen LogP) is 3.79. The van der Waals surface area contributed by atoms with Crippen LogP contribution in [-0.4, -0.2) is 55.2 Å². The Hall–Kier alpha value is -2.46. The zero-order valence-electron chi connectivity index (χ0n) is 16.2. The van der Waals surface area contributed by atoms with Crippen molar-refractivity contribution in [1.29, 1.82) is 0 Å². The summed E-state index contributed by atoms with van der Waals surface area (Å²) in [5.74, 6) is -0.953. The average Bonchev–Trinajstić information content (AvgIpc) is 3.06. The molecule has 0 aliphatic heterocycles. The molecule has 0 radical (unpaired) electrons. The molecule has 1 aromatic carbocycles. The highest BCUT2D eigenvalue weighted by atomic mass is 32.1. The number of ether oxygens (including phenoxy) is 2. The van der Waals surface area contributed by atoms with E-state index >= 15 is 0 Å². The van der Waals surface area contributed by atoms with Crippen LogP contribution in [0.2, 0.25) is 0 Å². The Morgan fingerprint density at radius 1 is 1.21 bits per heavy atom. The van der Waals surface area contributed by atoms with Gasteiger partial charge in [0, 0.05) is 19.2 Å². The number of carbonyl (C=O) groups excluding carboxylic acids is 2. The van der Waals surface area contributed by atoms with E-state index in [1.807, 2.05) is 0 Å². The lowest BCUT2D eigenvalue weighted by atomic mass is 10.1. The first-order chi connectivity index (χ1) is 13.7. The van der Waals surface area contributed by atoms with E-state index in [0.29, 0.717) is 21.1 Å². The number of esters is 1. The number of hydrogen-bond donors (Lipinski definition) is 0. The molecular weight excluding hydrogens is 409 g/mol. The summed E-state index contributed by atoms with van der Waals surface area (Å²) < 4.78 is 48.1. The van der Waals surface area contributed by atoms with E-state index < -0.39 is 23.6 Å². The number of carbonyl (C=O) groups is 2. The highest BCUT2D eigenvalue weighted by Crippen LogP contribution is 2.33. The van der Waals surface area contributed by atoms with E-state index in [4.69, 9.17) is 9.47 Å².